The molecule has 2 nitrogen and oxygen atoms in total. The van der Waals surface area contributed by atoms with Gasteiger partial charge in [0.1, 0.15) is 0 Å². The summed E-state index contributed by atoms with van der Waals surface area (Å²) in [6.45, 7) is 3.27. The van der Waals surface area contributed by atoms with Crippen LogP contribution in [0.1, 0.15) is 5.56 Å². The van der Waals surface area contributed by atoms with Crippen molar-refractivity contribution in [2.75, 3.05) is 36.5 Å². The van der Waals surface area contributed by atoms with Gasteiger partial charge in [0.25, 0.3) is 0 Å². The number of thioether (sulfide) groups is 1. The van der Waals surface area contributed by atoms with E-state index in [4.69, 9.17) is 0 Å². The summed E-state index contributed by atoms with van der Waals surface area (Å²) in [7, 11) is 1.99. The molecule has 0 spiro atoms. The van der Waals surface area contributed by atoms with E-state index in [0.29, 0.717) is 0 Å². The Morgan fingerprint density at radius 1 is 1.41 bits per heavy atom. The van der Waals surface area contributed by atoms with E-state index in [-0.39, 0.29) is 28.5 Å². The van der Waals surface area contributed by atoms with Crippen LogP contribution in [0, 0.1) is 13.5 Å². The summed E-state index contributed by atoms with van der Waals surface area (Å²) in [4.78, 5) is 2.48. The molecule has 1 saturated heterocycles. The van der Waals surface area contributed by atoms with Gasteiger partial charge in [0.15, 0.2) is 0 Å². The van der Waals surface area contributed by atoms with Crippen LogP contribution in [0.3, 0.4) is 0 Å². The van der Waals surface area contributed by atoms with Crippen LogP contribution in [-0.4, -0.2) is 31.6 Å². The first kappa shape index (κ1) is 17.0. The van der Waals surface area contributed by atoms with Crippen LogP contribution < -0.4 is 10.2 Å². The van der Waals surface area contributed by atoms with Crippen LogP contribution >= 0.6 is 11.8 Å². The summed E-state index contributed by atoms with van der Waals surface area (Å²) in [6, 6.07) is 9.44. The van der Waals surface area contributed by atoms with Crippen molar-refractivity contribution in [2.45, 2.75) is 6.54 Å². The van der Waals surface area contributed by atoms with Gasteiger partial charge in [-0.3, -0.25) is 0 Å². The maximum atomic E-state index is 3.21. The number of nitrogens with zero attached hydrogens (tertiary/aromatic N) is 1. The van der Waals surface area contributed by atoms with E-state index in [2.05, 4.69) is 28.4 Å². The molecule has 1 aliphatic heterocycles. The molecular formula is C13H20N2SW. The van der Waals surface area contributed by atoms with Crippen molar-refractivity contribution in [1.82, 2.24) is 5.32 Å². The molecule has 1 aromatic carbocycles. The molecule has 2 rings (SSSR count). The van der Waals surface area contributed by atoms with Crippen LogP contribution in [0.4, 0.5) is 5.69 Å². The molecule has 0 saturated carbocycles. The second-order valence-electron chi connectivity index (χ2n) is 3.68. The first-order chi connectivity index (χ1) is 7.42. The summed E-state index contributed by atoms with van der Waals surface area (Å²) in [5.74, 6) is 2.50. The van der Waals surface area contributed by atoms with E-state index in [9.17, 15) is 0 Å². The van der Waals surface area contributed by atoms with Gasteiger partial charge in [-0.25, -0.2) is 0 Å². The molecular weight excluding hydrogens is 400 g/mol. The Bertz CT molecular complexity index is 314. The van der Waals surface area contributed by atoms with E-state index in [1.807, 2.05) is 24.9 Å². The Balaban J connectivity index is 0.00000128. The Kier molecular flexibility index (Phi) is 9.03. The molecule has 0 atom stereocenters. The Morgan fingerprint density at radius 2 is 2.12 bits per heavy atom. The van der Waals surface area contributed by atoms with Crippen molar-refractivity contribution >= 4 is 17.4 Å². The Hall–Kier alpha value is 0.0183. The van der Waals surface area contributed by atoms with Crippen molar-refractivity contribution in [3.05, 3.63) is 37.3 Å². The van der Waals surface area contributed by atoms with Crippen molar-refractivity contribution < 1.29 is 21.1 Å². The second kappa shape index (κ2) is 9.02. The van der Waals surface area contributed by atoms with Crippen LogP contribution in [0.5, 0.6) is 0 Å². The first-order valence-electron chi connectivity index (χ1n) is 5.38. The molecule has 1 fully saturated rings. The van der Waals surface area contributed by atoms with Crippen molar-refractivity contribution in [1.29, 1.82) is 0 Å². The number of benzene rings is 1. The normalized spacial score (nSPS) is 14.8. The summed E-state index contributed by atoms with van der Waals surface area (Å²) < 4.78 is 0. The average molecular weight is 420 g/mol. The van der Waals surface area contributed by atoms with Gasteiger partial charge in [-0.05, 0) is 13.6 Å². The molecule has 0 bridgehead atoms. The number of hydrogen-bond acceptors (Lipinski definition) is 3. The number of rotatable bonds is 3. The van der Waals surface area contributed by atoms with Gasteiger partial charge in [0.05, 0.1) is 0 Å². The summed E-state index contributed by atoms with van der Waals surface area (Å²) >= 11 is 2.05. The van der Waals surface area contributed by atoms with Crippen LogP contribution in [0.15, 0.2) is 18.2 Å². The second-order valence-corrected chi connectivity index (χ2v) is 4.91. The first-order valence-corrected chi connectivity index (χ1v) is 6.53. The molecule has 0 amide bonds. The molecule has 1 N–H and O–H groups in total. The zero-order valence-corrected chi connectivity index (χ0v) is 14.3. The van der Waals surface area contributed by atoms with E-state index < -0.39 is 0 Å². The fourth-order valence-electron chi connectivity index (χ4n) is 1.90. The summed E-state index contributed by atoms with van der Waals surface area (Å²) in [6.07, 6.45) is 0. The van der Waals surface area contributed by atoms with Gasteiger partial charge >= 0.3 is 21.1 Å². The Labute approximate surface area is 124 Å². The summed E-state index contributed by atoms with van der Waals surface area (Å²) in [5, 5.41) is 3.21. The topological polar surface area (TPSA) is 15.3 Å². The maximum absolute atomic E-state index is 3.21. The third kappa shape index (κ3) is 4.65. The minimum absolute atomic E-state index is 0. The maximum Gasteiger partial charge on any atom is 2.00 e. The van der Waals surface area contributed by atoms with Gasteiger partial charge in [0.2, 0.25) is 0 Å². The SMILES string of the molecule is CNCc1c[c-]ccc1N1CCSCC1.[CH3-].[W+2]. The minimum atomic E-state index is 0. The number of anilines is 1. The molecule has 1 heterocycles. The van der Waals surface area contributed by atoms with E-state index in [0.717, 1.165) is 6.54 Å². The van der Waals surface area contributed by atoms with Crippen LogP contribution in [-0.2, 0) is 27.6 Å². The smallest absolute Gasteiger partial charge is 0.391 e. The zero-order valence-electron chi connectivity index (χ0n) is 10.5. The molecule has 1 aliphatic rings. The van der Waals surface area contributed by atoms with Crippen molar-refractivity contribution in [3.8, 4) is 0 Å². The molecule has 17 heavy (non-hydrogen) atoms. The van der Waals surface area contributed by atoms with E-state index in [1.54, 1.807) is 0 Å². The van der Waals surface area contributed by atoms with Gasteiger partial charge in [-0.15, -0.1) is 11.6 Å². The van der Waals surface area contributed by atoms with Crippen molar-refractivity contribution in [2.24, 2.45) is 0 Å². The third-order valence-electron chi connectivity index (χ3n) is 2.64. The molecule has 0 unspecified atom stereocenters. The monoisotopic (exact) mass is 420 g/mol. The van der Waals surface area contributed by atoms with Crippen LogP contribution in [0.2, 0.25) is 0 Å². The molecule has 0 aromatic heterocycles. The summed E-state index contributed by atoms with van der Waals surface area (Å²) in [5.41, 5.74) is 2.73. The van der Waals surface area contributed by atoms with E-state index >= 15 is 0 Å². The number of hydrogen-bond donors (Lipinski definition) is 1. The van der Waals surface area contributed by atoms with Crippen molar-refractivity contribution in [3.63, 3.8) is 0 Å². The molecule has 4 heteroatoms. The van der Waals surface area contributed by atoms with Gasteiger partial charge < -0.3 is 17.6 Å². The number of nitrogens with one attached hydrogen (secondary N) is 1. The van der Waals surface area contributed by atoms with Gasteiger partial charge in [0, 0.05) is 24.6 Å². The van der Waals surface area contributed by atoms with Crippen LogP contribution in [0.25, 0.3) is 0 Å². The van der Waals surface area contributed by atoms with Gasteiger partial charge in [-0.2, -0.15) is 30.0 Å². The minimum Gasteiger partial charge on any atom is -0.391 e. The third-order valence-corrected chi connectivity index (χ3v) is 3.59. The predicted octanol–water partition coefficient (Wildman–Crippen LogP) is 2.21. The zero-order chi connectivity index (χ0) is 10.5. The molecule has 0 aliphatic carbocycles. The molecule has 0 radical (unpaired) electrons. The quantitative estimate of drug-likeness (QED) is 0.756. The Morgan fingerprint density at radius 3 is 2.76 bits per heavy atom. The largest absolute Gasteiger partial charge is 2.00 e. The fraction of sp³-hybridized carbons (Fsp3) is 0.462. The fourth-order valence-corrected chi connectivity index (χ4v) is 2.80. The molecule has 94 valence electrons. The van der Waals surface area contributed by atoms with E-state index in [1.165, 1.54) is 35.8 Å². The average Bonchev–Trinajstić information content (AvgIpc) is 2.31. The predicted molar refractivity (Wildman–Crippen MR) is 74.0 cm³/mol. The molecule has 1 aromatic rings. The standard InChI is InChI=1S/C12H17N2S.CH3.W/c1-13-10-11-4-2-3-5-12(11)14-6-8-15-9-7-14;;/h3-5,13H,6-10H2,1H3;1H3;/q2*-1;+2. The van der Waals surface area contributed by atoms with Gasteiger partial charge in [-0.1, -0.05) is 5.69 Å².